The summed E-state index contributed by atoms with van der Waals surface area (Å²) in [5.41, 5.74) is 6.56. The first-order valence-corrected chi connectivity index (χ1v) is 10.9. The zero-order chi connectivity index (χ0) is 22.4. The molecular formula is C30H32O. The van der Waals surface area contributed by atoms with Gasteiger partial charge in [0.15, 0.2) is 0 Å². The highest BCUT2D eigenvalue weighted by molar-refractivity contribution is 5.54. The molecule has 31 heavy (non-hydrogen) atoms. The Morgan fingerprint density at radius 3 is 1.77 bits per heavy atom. The fraction of sp³-hybridized carbons (Fsp3) is 0.200. The van der Waals surface area contributed by atoms with E-state index < -0.39 is 0 Å². The minimum Gasteiger partial charge on any atom is -0.507 e. The summed E-state index contributed by atoms with van der Waals surface area (Å²) in [5, 5.41) is 11.4. The lowest BCUT2D eigenvalue weighted by Gasteiger charge is -2.24. The van der Waals surface area contributed by atoms with E-state index in [1.54, 1.807) is 6.08 Å². The van der Waals surface area contributed by atoms with E-state index in [-0.39, 0.29) is 17.8 Å². The molecule has 1 heteroatoms. The maximum atomic E-state index is 11.4. The van der Waals surface area contributed by atoms with Gasteiger partial charge in [-0.1, -0.05) is 125 Å². The van der Waals surface area contributed by atoms with Gasteiger partial charge in [0.1, 0.15) is 5.75 Å². The van der Waals surface area contributed by atoms with Crippen molar-refractivity contribution in [2.75, 3.05) is 0 Å². The third-order valence-corrected chi connectivity index (χ3v) is 6.27. The highest BCUT2D eigenvalue weighted by Crippen LogP contribution is 2.42. The lowest BCUT2D eigenvalue weighted by atomic mass is 9.81. The molecule has 0 spiro atoms. The Hall–Kier alpha value is -3.32. The van der Waals surface area contributed by atoms with Crippen molar-refractivity contribution < 1.29 is 5.11 Å². The van der Waals surface area contributed by atoms with Crippen molar-refractivity contribution in [3.8, 4) is 5.75 Å². The van der Waals surface area contributed by atoms with Crippen LogP contribution in [0.5, 0.6) is 5.75 Å². The minimum atomic E-state index is 0.000136. The molecule has 0 saturated heterocycles. The average molecular weight is 409 g/mol. The molecule has 0 saturated carbocycles. The van der Waals surface area contributed by atoms with Crippen LogP contribution in [-0.2, 0) is 0 Å². The van der Waals surface area contributed by atoms with E-state index in [2.05, 4.69) is 82.5 Å². The number of phenolic OH excluding ortho intramolecular Hbond substituents is 1. The van der Waals surface area contributed by atoms with Gasteiger partial charge in [0, 0.05) is 28.9 Å². The fourth-order valence-electron chi connectivity index (χ4n) is 4.17. The Bertz CT molecular complexity index is 1060. The van der Waals surface area contributed by atoms with Crippen LogP contribution in [0.15, 0.2) is 110 Å². The molecule has 3 atom stereocenters. The van der Waals surface area contributed by atoms with Crippen LogP contribution in [0.25, 0.3) is 0 Å². The summed E-state index contributed by atoms with van der Waals surface area (Å²) in [4.78, 5) is 0. The van der Waals surface area contributed by atoms with Crippen LogP contribution in [0.3, 0.4) is 0 Å². The Balaban J connectivity index is 2.19. The summed E-state index contributed by atoms with van der Waals surface area (Å²) in [6, 6.07) is 25.2. The molecule has 0 aromatic heterocycles. The first-order valence-electron chi connectivity index (χ1n) is 10.9. The van der Waals surface area contributed by atoms with E-state index in [1.165, 1.54) is 16.7 Å². The predicted octanol–water partition coefficient (Wildman–Crippen LogP) is 8.10. The predicted molar refractivity (Wildman–Crippen MR) is 133 cm³/mol. The van der Waals surface area contributed by atoms with E-state index in [0.717, 1.165) is 16.7 Å². The van der Waals surface area contributed by atoms with Gasteiger partial charge in [-0.3, -0.25) is 0 Å². The SMILES string of the molecule is C=C/C=C(\C=C)C(C)c1cc(C(C)c2ccccc2)cc(C(C)c2ccccc2)c1O. The van der Waals surface area contributed by atoms with Crippen LogP contribution in [-0.4, -0.2) is 5.11 Å². The molecule has 0 amide bonds. The maximum Gasteiger partial charge on any atom is 0.123 e. The number of hydrogen-bond donors (Lipinski definition) is 1. The van der Waals surface area contributed by atoms with Gasteiger partial charge in [0.2, 0.25) is 0 Å². The normalized spacial score (nSPS) is 14.5. The topological polar surface area (TPSA) is 20.2 Å². The van der Waals surface area contributed by atoms with Crippen LogP contribution in [0, 0.1) is 0 Å². The van der Waals surface area contributed by atoms with Crippen molar-refractivity contribution in [2.24, 2.45) is 0 Å². The molecule has 0 aliphatic carbocycles. The molecule has 1 N–H and O–H groups in total. The highest BCUT2D eigenvalue weighted by Gasteiger charge is 2.23. The van der Waals surface area contributed by atoms with Crippen LogP contribution in [0.1, 0.15) is 66.3 Å². The summed E-state index contributed by atoms with van der Waals surface area (Å²) in [7, 11) is 0. The second-order valence-electron chi connectivity index (χ2n) is 8.14. The molecule has 0 radical (unpaired) electrons. The van der Waals surface area contributed by atoms with Crippen molar-refractivity contribution >= 4 is 0 Å². The smallest absolute Gasteiger partial charge is 0.123 e. The van der Waals surface area contributed by atoms with E-state index in [9.17, 15) is 5.11 Å². The first-order chi connectivity index (χ1) is 15.0. The number of aromatic hydroxyl groups is 1. The molecule has 0 heterocycles. The van der Waals surface area contributed by atoms with Gasteiger partial charge < -0.3 is 5.11 Å². The van der Waals surface area contributed by atoms with E-state index in [1.807, 2.05) is 36.4 Å². The number of phenols is 1. The Morgan fingerprint density at radius 2 is 1.26 bits per heavy atom. The Labute approximate surface area is 187 Å². The van der Waals surface area contributed by atoms with Gasteiger partial charge in [0.05, 0.1) is 0 Å². The summed E-state index contributed by atoms with van der Waals surface area (Å²) in [5.74, 6) is 0.653. The van der Waals surface area contributed by atoms with Gasteiger partial charge in [0.25, 0.3) is 0 Å². The monoisotopic (exact) mass is 408 g/mol. The molecule has 3 unspecified atom stereocenters. The average Bonchev–Trinajstić information content (AvgIpc) is 2.82. The Kier molecular flexibility index (Phi) is 7.31. The minimum absolute atomic E-state index is 0.000136. The fourth-order valence-corrected chi connectivity index (χ4v) is 4.17. The molecule has 0 bridgehead atoms. The van der Waals surface area contributed by atoms with Gasteiger partial charge in [-0.05, 0) is 22.3 Å². The van der Waals surface area contributed by atoms with E-state index in [0.29, 0.717) is 5.75 Å². The van der Waals surface area contributed by atoms with E-state index in [4.69, 9.17) is 0 Å². The largest absolute Gasteiger partial charge is 0.507 e. The maximum absolute atomic E-state index is 11.4. The van der Waals surface area contributed by atoms with Crippen molar-refractivity contribution in [1.82, 2.24) is 0 Å². The van der Waals surface area contributed by atoms with Crippen molar-refractivity contribution in [1.29, 1.82) is 0 Å². The van der Waals surface area contributed by atoms with E-state index >= 15 is 0 Å². The van der Waals surface area contributed by atoms with Crippen LogP contribution < -0.4 is 0 Å². The number of allylic oxidation sites excluding steroid dienone is 4. The van der Waals surface area contributed by atoms with Crippen molar-refractivity contribution in [2.45, 2.75) is 38.5 Å². The molecule has 0 aliphatic rings. The third-order valence-electron chi connectivity index (χ3n) is 6.27. The van der Waals surface area contributed by atoms with Gasteiger partial charge in [-0.15, -0.1) is 0 Å². The Morgan fingerprint density at radius 1 is 0.742 bits per heavy atom. The molecular weight excluding hydrogens is 376 g/mol. The number of rotatable bonds is 8. The molecule has 1 nitrogen and oxygen atoms in total. The second kappa shape index (κ2) is 10.1. The molecule has 3 rings (SSSR count). The van der Waals surface area contributed by atoms with Gasteiger partial charge in [-0.2, -0.15) is 0 Å². The lowest BCUT2D eigenvalue weighted by Crippen LogP contribution is -2.06. The summed E-state index contributed by atoms with van der Waals surface area (Å²) >= 11 is 0. The van der Waals surface area contributed by atoms with Crippen LogP contribution >= 0.6 is 0 Å². The summed E-state index contributed by atoms with van der Waals surface area (Å²) < 4.78 is 0. The zero-order valence-electron chi connectivity index (χ0n) is 18.8. The molecule has 0 fully saturated rings. The third kappa shape index (κ3) is 4.88. The summed E-state index contributed by atoms with van der Waals surface area (Å²) in [6.45, 7) is 14.3. The highest BCUT2D eigenvalue weighted by atomic mass is 16.3. The standard InChI is InChI=1S/C30H32O/c1-6-14-24(7-2)22(4)28-19-27(21(3)25-15-10-8-11-16-25)20-29(30(28)31)23(5)26-17-12-9-13-18-26/h6-23,31H,1-2H2,3-5H3/b24-14+. The van der Waals surface area contributed by atoms with Crippen molar-refractivity contribution in [3.63, 3.8) is 0 Å². The second-order valence-corrected chi connectivity index (χ2v) is 8.14. The van der Waals surface area contributed by atoms with Crippen LogP contribution in [0.2, 0.25) is 0 Å². The molecule has 158 valence electrons. The first kappa shape index (κ1) is 22.4. The lowest BCUT2D eigenvalue weighted by molar-refractivity contribution is 0.456. The van der Waals surface area contributed by atoms with Crippen molar-refractivity contribution in [3.05, 3.63) is 138 Å². The number of hydrogen-bond acceptors (Lipinski definition) is 1. The zero-order valence-corrected chi connectivity index (χ0v) is 18.8. The molecule has 0 aliphatic heterocycles. The molecule has 3 aromatic carbocycles. The van der Waals surface area contributed by atoms with Gasteiger partial charge in [-0.25, -0.2) is 0 Å². The number of benzene rings is 3. The quantitative estimate of drug-likeness (QED) is 0.373. The van der Waals surface area contributed by atoms with Crippen LogP contribution in [0.4, 0.5) is 0 Å². The molecule has 3 aromatic rings. The van der Waals surface area contributed by atoms with Gasteiger partial charge >= 0.3 is 0 Å². The summed E-state index contributed by atoms with van der Waals surface area (Å²) in [6.07, 6.45) is 5.58.